The summed E-state index contributed by atoms with van der Waals surface area (Å²) in [6.45, 7) is 11.9. The Bertz CT molecular complexity index is 744. The van der Waals surface area contributed by atoms with Gasteiger partial charge in [0.05, 0.1) is 43.8 Å². The van der Waals surface area contributed by atoms with Crippen LogP contribution >= 0.6 is 8.53 Å². The van der Waals surface area contributed by atoms with Gasteiger partial charge in [0.2, 0.25) is 5.91 Å². The Morgan fingerprint density at radius 2 is 1.75 bits per heavy atom. The Labute approximate surface area is 217 Å². The van der Waals surface area contributed by atoms with Crippen molar-refractivity contribution < 1.29 is 32.8 Å². The Morgan fingerprint density at radius 1 is 1.08 bits per heavy atom. The zero-order chi connectivity index (χ0) is 26.3. The highest BCUT2D eigenvalue weighted by molar-refractivity contribution is 7.44. The van der Waals surface area contributed by atoms with Crippen molar-refractivity contribution in [2.45, 2.75) is 116 Å². The smallest absolute Gasteiger partial charge is 0.280 e. The fraction of sp³-hybridized carbons (Fsp3) is 0.920. The summed E-state index contributed by atoms with van der Waals surface area (Å²) in [6, 6.07) is 2.72. The Morgan fingerprint density at radius 3 is 2.42 bits per heavy atom. The molecule has 3 fully saturated rings. The van der Waals surface area contributed by atoms with Gasteiger partial charge in [0, 0.05) is 32.7 Å². The summed E-state index contributed by atoms with van der Waals surface area (Å²) in [5.41, 5.74) is 0. The molecule has 3 rings (SSSR count). The molecule has 3 saturated heterocycles. The quantitative estimate of drug-likeness (QED) is 0.235. The molecule has 0 aromatic rings. The first-order valence-electron chi connectivity index (χ1n) is 13.3. The van der Waals surface area contributed by atoms with Crippen LogP contribution in [0.25, 0.3) is 0 Å². The molecule has 36 heavy (non-hydrogen) atoms. The number of carbonyl (C=O) groups excluding carboxylic acids is 1. The highest BCUT2D eigenvalue weighted by atomic mass is 31.2. The number of carbonyl (C=O) groups is 1. The zero-order valence-corrected chi connectivity index (χ0v) is 23.5. The van der Waals surface area contributed by atoms with Crippen molar-refractivity contribution in [3.05, 3.63) is 0 Å². The highest BCUT2D eigenvalue weighted by Gasteiger charge is 2.64. The lowest BCUT2D eigenvalue weighted by atomic mass is 9.85. The lowest BCUT2D eigenvalue weighted by molar-refractivity contribution is -0.329. The second kappa shape index (κ2) is 13.8. The Balaban J connectivity index is 1.30. The van der Waals surface area contributed by atoms with E-state index in [0.717, 1.165) is 25.7 Å². The molecular weight excluding hydrogens is 485 g/mol. The molecule has 10 nitrogen and oxygen atoms in total. The third-order valence-corrected chi connectivity index (χ3v) is 8.98. The van der Waals surface area contributed by atoms with Crippen LogP contribution in [-0.4, -0.2) is 79.9 Å². The molecule has 7 unspecified atom stereocenters. The van der Waals surface area contributed by atoms with Crippen molar-refractivity contribution >= 4 is 14.4 Å². The minimum atomic E-state index is -1.18. The van der Waals surface area contributed by atoms with Gasteiger partial charge in [-0.25, -0.2) is 4.67 Å². The Hall–Kier alpha value is -0.890. The summed E-state index contributed by atoms with van der Waals surface area (Å²) in [5.74, 6) is -1.24. The van der Waals surface area contributed by atoms with Gasteiger partial charge in [-0.15, -0.1) is 0 Å². The van der Waals surface area contributed by atoms with Crippen molar-refractivity contribution in [3.8, 4) is 6.07 Å². The molecule has 0 aromatic carbocycles. The third kappa shape index (κ3) is 7.36. The first-order valence-corrected chi connectivity index (χ1v) is 14.4. The van der Waals surface area contributed by atoms with Gasteiger partial charge in [-0.1, -0.05) is 12.8 Å². The van der Waals surface area contributed by atoms with E-state index in [9.17, 15) is 4.79 Å². The van der Waals surface area contributed by atoms with E-state index in [1.165, 1.54) is 0 Å². The predicted octanol–water partition coefficient (Wildman–Crippen LogP) is 3.85. The molecule has 3 heterocycles. The van der Waals surface area contributed by atoms with Crippen LogP contribution in [0.15, 0.2) is 0 Å². The van der Waals surface area contributed by atoms with Crippen molar-refractivity contribution in [1.82, 2.24) is 9.99 Å². The first kappa shape index (κ1) is 29.7. The molecule has 0 aromatic heterocycles. The van der Waals surface area contributed by atoms with E-state index in [-0.39, 0.29) is 36.2 Å². The average Bonchev–Trinajstić information content (AvgIpc) is 3.50. The molecule has 2 bridgehead atoms. The van der Waals surface area contributed by atoms with Gasteiger partial charge in [-0.2, -0.15) is 5.26 Å². The van der Waals surface area contributed by atoms with Gasteiger partial charge < -0.3 is 33.3 Å². The summed E-state index contributed by atoms with van der Waals surface area (Å²) >= 11 is 0. The molecule has 3 aliphatic rings. The number of unbranched alkanes of at least 4 members (excludes halogenated alkanes) is 3. The lowest BCUT2D eigenvalue weighted by Gasteiger charge is -2.35. The number of ether oxygens (including phenoxy) is 4. The van der Waals surface area contributed by atoms with Crippen LogP contribution in [0.5, 0.6) is 0 Å². The molecule has 3 aliphatic heterocycles. The van der Waals surface area contributed by atoms with E-state index in [2.05, 4.69) is 43.8 Å². The maximum atomic E-state index is 12.8. The summed E-state index contributed by atoms with van der Waals surface area (Å²) in [4.78, 5) is 12.8. The fourth-order valence-electron chi connectivity index (χ4n) is 5.18. The van der Waals surface area contributed by atoms with E-state index in [0.29, 0.717) is 44.7 Å². The molecule has 0 spiro atoms. The average molecular weight is 530 g/mol. The number of rotatable bonds is 16. The number of fused-ring (bicyclic) bond motifs is 5. The van der Waals surface area contributed by atoms with E-state index in [1.54, 1.807) is 14.0 Å². The summed E-state index contributed by atoms with van der Waals surface area (Å²) < 4.78 is 37.3. The standard InChI is InChI=1S/C25H44N3O7P/c1-17(2)28(18(3)4)36(32-15-11-12-26)31-14-10-8-7-9-13-27-24(29)19-16-20-22-23(21(19)33-20)35-25(5,30-6)34-22/h17-23H,7-11,13-16H2,1-6H3,(H,27,29). The fourth-order valence-corrected chi connectivity index (χ4v) is 6.81. The largest absolute Gasteiger partial charge is 0.368 e. The van der Waals surface area contributed by atoms with Crippen molar-refractivity contribution in [2.24, 2.45) is 5.92 Å². The number of hydrogen-bond acceptors (Lipinski definition) is 9. The molecule has 0 aliphatic carbocycles. The van der Waals surface area contributed by atoms with Gasteiger partial charge in [0.15, 0.2) is 0 Å². The van der Waals surface area contributed by atoms with Crippen LogP contribution < -0.4 is 5.32 Å². The van der Waals surface area contributed by atoms with E-state index in [1.807, 2.05) is 0 Å². The van der Waals surface area contributed by atoms with E-state index in [4.69, 9.17) is 33.3 Å². The van der Waals surface area contributed by atoms with Gasteiger partial charge in [0.25, 0.3) is 14.5 Å². The molecule has 1 N–H and O–H groups in total. The molecule has 0 radical (unpaired) electrons. The number of amides is 1. The van der Waals surface area contributed by atoms with Crippen LogP contribution in [-0.2, 0) is 32.8 Å². The maximum Gasteiger partial charge on any atom is 0.280 e. The second-order valence-electron chi connectivity index (χ2n) is 10.3. The molecule has 206 valence electrons. The van der Waals surface area contributed by atoms with Crippen molar-refractivity contribution in [3.63, 3.8) is 0 Å². The number of nitriles is 1. The second-order valence-corrected chi connectivity index (χ2v) is 11.8. The number of hydrogen-bond donors (Lipinski definition) is 1. The molecule has 11 heteroatoms. The topological polar surface area (TPSA) is 112 Å². The van der Waals surface area contributed by atoms with Gasteiger partial charge in [-0.05, 0) is 47.0 Å². The van der Waals surface area contributed by atoms with Crippen LogP contribution in [0.4, 0.5) is 0 Å². The summed E-state index contributed by atoms with van der Waals surface area (Å²) in [6.07, 6.45) is 4.05. The van der Waals surface area contributed by atoms with Gasteiger partial charge >= 0.3 is 0 Å². The van der Waals surface area contributed by atoms with Crippen molar-refractivity contribution in [2.75, 3.05) is 26.9 Å². The van der Waals surface area contributed by atoms with E-state index < -0.39 is 14.5 Å². The summed E-state index contributed by atoms with van der Waals surface area (Å²) in [5, 5.41) is 11.9. The zero-order valence-electron chi connectivity index (χ0n) is 22.6. The lowest BCUT2D eigenvalue weighted by Crippen LogP contribution is -2.46. The monoisotopic (exact) mass is 529 g/mol. The highest BCUT2D eigenvalue weighted by Crippen LogP contribution is 2.49. The molecular formula is C25H44N3O7P. The number of nitrogens with one attached hydrogen (secondary N) is 1. The molecule has 0 saturated carbocycles. The van der Waals surface area contributed by atoms with E-state index >= 15 is 0 Å². The third-order valence-electron chi connectivity index (χ3n) is 6.87. The summed E-state index contributed by atoms with van der Waals surface area (Å²) in [7, 11) is 0.368. The maximum absolute atomic E-state index is 12.8. The van der Waals surface area contributed by atoms with Gasteiger partial charge in [-0.3, -0.25) is 4.79 Å². The Kier molecular flexibility index (Phi) is 11.3. The van der Waals surface area contributed by atoms with Crippen LogP contribution in [0, 0.1) is 17.2 Å². The van der Waals surface area contributed by atoms with Gasteiger partial charge in [0.1, 0.15) is 12.2 Å². The van der Waals surface area contributed by atoms with Crippen LogP contribution in [0.1, 0.15) is 73.1 Å². The predicted molar refractivity (Wildman–Crippen MR) is 135 cm³/mol. The minimum absolute atomic E-state index is 0.0292. The van der Waals surface area contributed by atoms with Crippen molar-refractivity contribution in [1.29, 1.82) is 5.26 Å². The normalized spacial score (nSPS) is 31.8. The molecule has 1 amide bonds. The minimum Gasteiger partial charge on any atom is -0.368 e. The molecule has 7 atom stereocenters. The first-order chi connectivity index (χ1) is 17.2. The number of nitrogens with zero attached hydrogens (tertiary/aromatic N) is 2. The van der Waals surface area contributed by atoms with Crippen LogP contribution in [0.2, 0.25) is 0 Å². The number of methoxy groups -OCH3 is 1. The van der Waals surface area contributed by atoms with Crippen LogP contribution in [0.3, 0.4) is 0 Å². The SMILES string of the molecule is COC1(C)OC2C3CC(C(=O)NCCCCCCOP(OCCC#N)N(C(C)C)C(C)C)C(O3)C2O1.